The Balaban J connectivity index is 1.90. The van der Waals surface area contributed by atoms with Gasteiger partial charge in [-0.3, -0.25) is 4.79 Å². The number of rotatable bonds is 5. The number of carbonyl (C=O) groups is 1. The van der Waals surface area contributed by atoms with Crippen molar-refractivity contribution in [3.8, 4) is 0 Å². The predicted molar refractivity (Wildman–Crippen MR) is 74.1 cm³/mol. The lowest BCUT2D eigenvalue weighted by molar-refractivity contribution is 0.0950. The lowest BCUT2D eigenvalue weighted by Gasteiger charge is -2.02. The van der Waals surface area contributed by atoms with Crippen LogP contribution in [-0.2, 0) is 6.54 Å². The van der Waals surface area contributed by atoms with E-state index in [9.17, 15) is 9.18 Å². The molecule has 0 aliphatic carbocycles. The van der Waals surface area contributed by atoms with Crippen molar-refractivity contribution < 1.29 is 9.18 Å². The van der Waals surface area contributed by atoms with Crippen molar-refractivity contribution >= 4 is 40.8 Å². The van der Waals surface area contributed by atoms with E-state index in [1.54, 1.807) is 0 Å². The SMILES string of the molecule is O=C(NCc1nsc(SCCl)n1)c1ccc(F)cc1. The molecule has 0 saturated heterocycles. The summed E-state index contributed by atoms with van der Waals surface area (Å²) < 4.78 is 17.6. The molecule has 8 heteroatoms. The Hall–Kier alpha value is -1.18. The zero-order chi connectivity index (χ0) is 13.7. The topological polar surface area (TPSA) is 54.9 Å². The standard InChI is InChI=1S/C11H9ClFN3OS2/c12-6-18-11-15-9(16-19-11)5-14-10(17)7-1-3-8(13)4-2-7/h1-4H,5-6H2,(H,14,17). The first-order chi connectivity index (χ1) is 9.19. The third kappa shape index (κ3) is 4.15. The summed E-state index contributed by atoms with van der Waals surface area (Å²) in [6.07, 6.45) is 0. The van der Waals surface area contributed by atoms with Gasteiger partial charge in [-0.2, -0.15) is 4.37 Å². The van der Waals surface area contributed by atoms with Crippen LogP contribution in [0.4, 0.5) is 4.39 Å². The quantitative estimate of drug-likeness (QED) is 0.680. The number of alkyl halides is 1. The van der Waals surface area contributed by atoms with Crippen molar-refractivity contribution in [2.24, 2.45) is 0 Å². The first kappa shape index (κ1) is 14.2. The van der Waals surface area contributed by atoms with Crippen LogP contribution in [0.15, 0.2) is 28.6 Å². The summed E-state index contributed by atoms with van der Waals surface area (Å²) in [7, 11) is 0. The van der Waals surface area contributed by atoms with Crippen molar-refractivity contribution in [3.63, 3.8) is 0 Å². The van der Waals surface area contributed by atoms with Crippen LogP contribution < -0.4 is 5.32 Å². The number of hydrogen-bond acceptors (Lipinski definition) is 5. The van der Waals surface area contributed by atoms with Gasteiger partial charge in [-0.25, -0.2) is 9.37 Å². The Labute approximate surface area is 122 Å². The zero-order valence-electron chi connectivity index (χ0n) is 9.60. The average molecular weight is 318 g/mol. The predicted octanol–water partition coefficient (Wildman–Crippen LogP) is 2.90. The van der Waals surface area contributed by atoms with Crippen molar-refractivity contribution in [1.29, 1.82) is 0 Å². The first-order valence-corrected chi connectivity index (χ1v) is 7.53. The fraction of sp³-hybridized carbons (Fsp3) is 0.182. The summed E-state index contributed by atoms with van der Waals surface area (Å²) in [4.78, 5) is 15.9. The van der Waals surface area contributed by atoms with E-state index in [1.807, 2.05) is 0 Å². The molecule has 0 fully saturated rings. The van der Waals surface area contributed by atoms with Gasteiger partial charge in [0.25, 0.3) is 5.91 Å². The molecule has 1 aromatic carbocycles. The van der Waals surface area contributed by atoms with Gasteiger partial charge in [0.1, 0.15) is 5.82 Å². The summed E-state index contributed by atoms with van der Waals surface area (Å²) in [5.41, 5.74) is 0.395. The summed E-state index contributed by atoms with van der Waals surface area (Å²) in [6.45, 7) is 0.232. The third-order valence-electron chi connectivity index (χ3n) is 2.14. The molecule has 0 atom stereocenters. The number of halogens is 2. The Kier molecular flexibility index (Phi) is 5.12. The highest BCUT2D eigenvalue weighted by molar-refractivity contribution is 8.01. The number of nitrogens with one attached hydrogen (secondary N) is 1. The summed E-state index contributed by atoms with van der Waals surface area (Å²) in [5, 5.41) is 3.08. The van der Waals surface area contributed by atoms with Crippen molar-refractivity contribution in [3.05, 3.63) is 41.5 Å². The molecule has 0 radical (unpaired) electrons. The van der Waals surface area contributed by atoms with Gasteiger partial charge in [-0.1, -0.05) is 11.8 Å². The second-order valence-corrected chi connectivity index (χ2v) is 5.98. The monoisotopic (exact) mass is 317 g/mol. The van der Waals surface area contributed by atoms with Gasteiger partial charge < -0.3 is 5.32 Å². The van der Waals surface area contributed by atoms with Crippen LogP contribution in [0.25, 0.3) is 0 Å². The van der Waals surface area contributed by atoms with Gasteiger partial charge in [0.2, 0.25) is 0 Å². The van der Waals surface area contributed by atoms with Crippen LogP contribution >= 0.6 is 34.9 Å². The Morgan fingerprint density at radius 2 is 2.16 bits per heavy atom. The normalized spacial score (nSPS) is 10.4. The molecule has 100 valence electrons. The molecule has 1 aromatic heterocycles. The molecule has 2 aromatic rings. The number of aromatic nitrogens is 2. The smallest absolute Gasteiger partial charge is 0.251 e. The van der Waals surface area contributed by atoms with Gasteiger partial charge in [-0.15, -0.1) is 11.6 Å². The Morgan fingerprint density at radius 3 is 2.84 bits per heavy atom. The molecule has 4 nitrogen and oxygen atoms in total. The molecular formula is C11H9ClFN3OS2. The molecule has 0 aliphatic heterocycles. The van der Waals surface area contributed by atoms with Gasteiger partial charge in [0, 0.05) is 5.56 Å². The van der Waals surface area contributed by atoms with Crippen LogP contribution in [0.2, 0.25) is 0 Å². The minimum Gasteiger partial charge on any atom is -0.345 e. The fourth-order valence-electron chi connectivity index (χ4n) is 1.28. The van der Waals surface area contributed by atoms with Crippen LogP contribution in [-0.4, -0.2) is 20.5 Å². The highest BCUT2D eigenvalue weighted by atomic mass is 35.5. The van der Waals surface area contributed by atoms with Crippen molar-refractivity contribution in [2.75, 3.05) is 5.21 Å². The number of carbonyl (C=O) groups excluding carboxylic acids is 1. The second-order valence-electron chi connectivity index (χ2n) is 3.42. The number of hydrogen-bond donors (Lipinski definition) is 1. The van der Waals surface area contributed by atoms with Crippen LogP contribution in [0.5, 0.6) is 0 Å². The summed E-state index contributed by atoms with van der Waals surface area (Å²) in [6, 6.07) is 5.33. The number of benzene rings is 1. The number of amides is 1. The van der Waals surface area contributed by atoms with Gasteiger partial charge in [0.05, 0.1) is 11.8 Å². The van der Waals surface area contributed by atoms with E-state index in [-0.39, 0.29) is 18.3 Å². The maximum absolute atomic E-state index is 12.7. The van der Waals surface area contributed by atoms with Crippen LogP contribution in [0, 0.1) is 5.82 Å². The average Bonchev–Trinajstić information content (AvgIpc) is 2.85. The first-order valence-electron chi connectivity index (χ1n) is 5.24. The molecule has 0 spiro atoms. The van der Waals surface area contributed by atoms with Gasteiger partial charge >= 0.3 is 0 Å². The zero-order valence-corrected chi connectivity index (χ0v) is 12.0. The minimum absolute atomic E-state index is 0.232. The van der Waals surface area contributed by atoms with E-state index >= 15 is 0 Å². The van der Waals surface area contributed by atoms with E-state index < -0.39 is 0 Å². The summed E-state index contributed by atoms with van der Waals surface area (Å²) in [5.74, 6) is -0.130. The molecule has 0 saturated carbocycles. The minimum atomic E-state index is -0.375. The van der Waals surface area contributed by atoms with Crippen LogP contribution in [0.3, 0.4) is 0 Å². The van der Waals surface area contributed by atoms with E-state index in [2.05, 4.69) is 14.7 Å². The number of thioether (sulfide) groups is 1. The summed E-state index contributed by atoms with van der Waals surface area (Å²) >= 11 is 8.19. The highest BCUT2D eigenvalue weighted by Gasteiger charge is 2.08. The molecule has 19 heavy (non-hydrogen) atoms. The van der Waals surface area contributed by atoms with Crippen molar-refractivity contribution in [2.45, 2.75) is 10.9 Å². The van der Waals surface area contributed by atoms with Crippen molar-refractivity contribution in [1.82, 2.24) is 14.7 Å². The van der Waals surface area contributed by atoms with E-state index in [0.717, 1.165) is 4.34 Å². The highest BCUT2D eigenvalue weighted by Crippen LogP contribution is 2.20. The fourth-order valence-corrected chi connectivity index (χ4v) is 2.98. The molecule has 2 rings (SSSR count). The van der Waals surface area contributed by atoms with E-state index in [1.165, 1.54) is 47.6 Å². The molecule has 1 amide bonds. The second kappa shape index (κ2) is 6.83. The van der Waals surface area contributed by atoms with Crippen LogP contribution in [0.1, 0.15) is 16.2 Å². The maximum Gasteiger partial charge on any atom is 0.251 e. The molecule has 1 N–H and O–H groups in total. The largest absolute Gasteiger partial charge is 0.345 e. The molecule has 0 bridgehead atoms. The molecule has 0 unspecified atom stereocenters. The van der Waals surface area contributed by atoms with E-state index in [0.29, 0.717) is 16.6 Å². The van der Waals surface area contributed by atoms with Gasteiger partial charge in [-0.05, 0) is 35.8 Å². The Morgan fingerprint density at radius 1 is 1.42 bits per heavy atom. The van der Waals surface area contributed by atoms with Gasteiger partial charge in [0.15, 0.2) is 10.2 Å². The maximum atomic E-state index is 12.7. The molecule has 0 aliphatic rings. The number of nitrogens with zero attached hydrogens (tertiary/aromatic N) is 2. The van der Waals surface area contributed by atoms with E-state index in [4.69, 9.17) is 11.6 Å². The lowest BCUT2D eigenvalue weighted by atomic mass is 10.2. The molecular weight excluding hydrogens is 309 g/mol. The third-order valence-corrected chi connectivity index (χ3v) is 4.04. The lowest BCUT2D eigenvalue weighted by Crippen LogP contribution is -2.23. The molecule has 1 heterocycles. The Bertz CT molecular complexity index is 561.